The highest BCUT2D eigenvalue weighted by Gasteiger charge is 2.54. The maximum atomic E-state index is 5.46. The van der Waals surface area contributed by atoms with Gasteiger partial charge in [-0.3, -0.25) is 0 Å². The van der Waals surface area contributed by atoms with Gasteiger partial charge < -0.3 is 4.74 Å². The topological polar surface area (TPSA) is 9.23 Å². The standard InChI is InChI=1S/C23H34O/c1-5-15(2)18-10-12-23(3)13-11-20-19-9-7-17(24-4)14-16(19)6-8-21(20)22(18)23/h7,9,14-15,18,20-22H,5-6,8,10-13H2,1-4H3/t15?,18-,20+,21+,22-,23-/m0/s1. The van der Waals surface area contributed by atoms with Crippen LogP contribution < -0.4 is 4.74 Å². The summed E-state index contributed by atoms with van der Waals surface area (Å²) in [6, 6.07) is 6.89. The summed E-state index contributed by atoms with van der Waals surface area (Å²) in [6.07, 6.45) is 9.82. The molecule has 132 valence electrons. The molecule has 3 aliphatic rings. The molecular formula is C23H34O. The average molecular weight is 327 g/mol. The zero-order valence-electron chi connectivity index (χ0n) is 16.0. The maximum absolute atomic E-state index is 5.46. The zero-order valence-corrected chi connectivity index (χ0v) is 16.0. The van der Waals surface area contributed by atoms with Crippen molar-refractivity contribution in [3.05, 3.63) is 29.3 Å². The lowest BCUT2D eigenvalue weighted by atomic mass is 9.53. The van der Waals surface area contributed by atoms with E-state index in [1.54, 1.807) is 18.2 Å². The summed E-state index contributed by atoms with van der Waals surface area (Å²) in [5.41, 5.74) is 3.85. The SMILES string of the molecule is CCC(C)[C@@H]1CC[C@@]2(C)CC[C@@H]3c4ccc(OC)cc4CC[C@H]3[C@H]12. The van der Waals surface area contributed by atoms with E-state index in [1.165, 1.54) is 44.9 Å². The predicted octanol–water partition coefficient (Wildman–Crippen LogP) is 6.21. The van der Waals surface area contributed by atoms with E-state index in [4.69, 9.17) is 4.74 Å². The number of methoxy groups -OCH3 is 1. The predicted molar refractivity (Wildman–Crippen MR) is 101 cm³/mol. The first-order valence-electron chi connectivity index (χ1n) is 10.2. The van der Waals surface area contributed by atoms with Crippen molar-refractivity contribution in [1.82, 2.24) is 0 Å². The van der Waals surface area contributed by atoms with Crippen LogP contribution in [0.2, 0.25) is 0 Å². The van der Waals surface area contributed by atoms with Gasteiger partial charge in [-0.15, -0.1) is 0 Å². The van der Waals surface area contributed by atoms with Crippen LogP contribution in [0.3, 0.4) is 0 Å². The van der Waals surface area contributed by atoms with Crippen LogP contribution in [0.15, 0.2) is 18.2 Å². The van der Waals surface area contributed by atoms with Crippen molar-refractivity contribution in [1.29, 1.82) is 0 Å². The minimum atomic E-state index is 0.624. The van der Waals surface area contributed by atoms with Gasteiger partial charge in [0.15, 0.2) is 0 Å². The molecule has 24 heavy (non-hydrogen) atoms. The lowest BCUT2D eigenvalue weighted by Crippen LogP contribution is -2.43. The van der Waals surface area contributed by atoms with Crippen LogP contribution in [0, 0.1) is 29.1 Å². The first kappa shape index (κ1) is 16.5. The Bertz CT molecular complexity index is 606. The largest absolute Gasteiger partial charge is 0.497 e. The smallest absolute Gasteiger partial charge is 0.119 e. The molecular weight excluding hydrogens is 292 g/mol. The molecule has 0 aromatic heterocycles. The van der Waals surface area contributed by atoms with Gasteiger partial charge in [-0.05, 0) is 96.8 Å². The van der Waals surface area contributed by atoms with Crippen LogP contribution in [-0.2, 0) is 6.42 Å². The number of rotatable bonds is 3. The summed E-state index contributed by atoms with van der Waals surface area (Å²) >= 11 is 0. The third-order valence-electron chi connectivity index (χ3n) is 8.19. The Morgan fingerprint density at radius 3 is 2.75 bits per heavy atom. The van der Waals surface area contributed by atoms with Crippen molar-refractivity contribution in [2.45, 2.75) is 71.6 Å². The van der Waals surface area contributed by atoms with Crippen molar-refractivity contribution in [3.63, 3.8) is 0 Å². The van der Waals surface area contributed by atoms with E-state index >= 15 is 0 Å². The lowest BCUT2D eigenvalue weighted by molar-refractivity contribution is 0.0202. The van der Waals surface area contributed by atoms with Gasteiger partial charge in [-0.2, -0.15) is 0 Å². The summed E-state index contributed by atoms with van der Waals surface area (Å²) in [4.78, 5) is 0. The van der Waals surface area contributed by atoms with E-state index in [9.17, 15) is 0 Å². The highest BCUT2D eigenvalue weighted by molar-refractivity contribution is 5.40. The van der Waals surface area contributed by atoms with Crippen molar-refractivity contribution in [3.8, 4) is 5.75 Å². The monoisotopic (exact) mass is 326 g/mol. The van der Waals surface area contributed by atoms with Crippen molar-refractivity contribution in [2.75, 3.05) is 7.11 Å². The number of hydrogen-bond donors (Lipinski definition) is 0. The molecule has 1 aromatic rings. The number of ether oxygens (including phenoxy) is 1. The second-order valence-corrected chi connectivity index (χ2v) is 9.18. The van der Waals surface area contributed by atoms with Gasteiger partial charge >= 0.3 is 0 Å². The molecule has 2 saturated carbocycles. The molecule has 0 amide bonds. The third-order valence-corrected chi connectivity index (χ3v) is 8.19. The summed E-state index contributed by atoms with van der Waals surface area (Å²) in [5, 5.41) is 0. The van der Waals surface area contributed by atoms with E-state index in [-0.39, 0.29) is 0 Å². The molecule has 1 heteroatoms. The van der Waals surface area contributed by atoms with Crippen LogP contribution in [0.1, 0.15) is 76.3 Å². The zero-order chi connectivity index (χ0) is 16.9. The summed E-state index contributed by atoms with van der Waals surface area (Å²) in [7, 11) is 1.79. The molecule has 1 nitrogen and oxygen atoms in total. The van der Waals surface area contributed by atoms with E-state index < -0.39 is 0 Å². The van der Waals surface area contributed by atoms with E-state index in [0.29, 0.717) is 5.41 Å². The van der Waals surface area contributed by atoms with Gasteiger partial charge in [0, 0.05) is 0 Å². The Balaban J connectivity index is 1.68. The number of fused-ring (bicyclic) bond motifs is 5. The number of hydrogen-bond acceptors (Lipinski definition) is 1. The van der Waals surface area contributed by atoms with E-state index in [0.717, 1.165) is 35.3 Å². The molecule has 0 bridgehead atoms. The summed E-state index contributed by atoms with van der Waals surface area (Å²) in [6.45, 7) is 7.53. The molecule has 0 aliphatic heterocycles. The highest BCUT2D eigenvalue weighted by Crippen LogP contribution is 2.64. The molecule has 2 fully saturated rings. The molecule has 0 N–H and O–H groups in total. The Labute approximate surface area is 148 Å². The molecule has 0 radical (unpaired) electrons. The van der Waals surface area contributed by atoms with Gasteiger partial charge in [-0.25, -0.2) is 0 Å². The molecule has 4 rings (SSSR count). The summed E-state index contributed by atoms with van der Waals surface area (Å²) < 4.78 is 5.46. The second-order valence-electron chi connectivity index (χ2n) is 9.18. The van der Waals surface area contributed by atoms with Gasteiger partial charge in [0.2, 0.25) is 0 Å². The van der Waals surface area contributed by atoms with Gasteiger partial charge in [0.05, 0.1) is 7.11 Å². The molecule has 1 aromatic carbocycles. The molecule has 3 aliphatic carbocycles. The number of benzene rings is 1. The molecule has 6 atom stereocenters. The van der Waals surface area contributed by atoms with Crippen LogP contribution in [0.25, 0.3) is 0 Å². The molecule has 0 heterocycles. The normalized spacial score (nSPS) is 38.8. The third kappa shape index (κ3) is 2.42. The second kappa shape index (κ2) is 6.07. The van der Waals surface area contributed by atoms with Crippen LogP contribution >= 0.6 is 0 Å². The van der Waals surface area contributed by atoms with Crippen molar-refractivity contribution >= 4 is 0 Å². The first-order valence-corrected chi connectivity index (χ1v) is 10.2. The number of aryl methyl sites for hydroxylation is 1. The van der Waals surface area contributed by atoms with Crippen molar-refractivity contribution < 1.29 is 4.74 Å². The fraction of sp³-hybridized carbons (Fsp3) is 0.739. The van der Waals surface area contributed by atoms with Gasteiger partial charge in [-0.1, -0.05) is 33.3 Å². The van der Waals surface area contributed by atoms with Gasteiger partial charge in [0.1, 0.15) is 5.75 Å². The molecule has 1 unspecified atom stereocenters. The summed E-state index contributed by atoms with van der Waals surface area (Å²) in [5.74, 6) is 5.58. The highest BCUT2D eigenvalue weighted by atomic mass is 16.5. The Morgan fingerprint density at radius 1 is 1.21 bits per heavy atom. The van der Waals surface area contributed by atoms with E-state index in [2.05, 4.69) is 39.0 Å². The minimum absolute atomic E-state index is 0.624. The minimum Gasteiger partial charge on any atom is -0.497 e. The van der Waals surface area contributed by atoms with Crippen molar-refractivity contribution in [2.24, 2.45) is 29.1 Å². The van der Waals surface area contributed by atoms with Crippen LogP contribution in [0.5, 0.6) is 5.75 Å². The van der Waals surface area contributed by atoms with Gasteiger partial charge in [0.25, 0.3) is 0 Å². The Kier molecular flexibility index (Phi) is 4.17. The fourth-order valence-corrected chi connectivity index (χ4v) is 6.75. The van der Waals surface area contributed by atoms with Crippen LogP contribution in [-0.4, -0.2) is 7.11 Å². The molecule has 0 saturated heterocycles. The fourth-order valence-electron chi connectivity index (χ4n) is 6.75. The van der Waals surface area contributed by atoms with E-state index in [1.807, 2.05) is 0 Å². The average Bonchev–Trinajstić information content (AvgIpc) is 2.97. The Hall–Kier alpha value is -0.980. The lowest BCUT2D eigenvalue weighted by Gasteiger charge is -2.51. The maximum Gasteiger partial charge on any atom is 0.119 e. The quantitative estimate of drug-likeness (QED) is 0.641. The molecule has 0 spiro atoms. The Morgan fingerprint density at radius 2 is 2.00 bits per heavy atom. The van der Waals surface area contributed by atoms with Crippen LogP contribution in [0.4, 0.5) is 0 Å². The first-order chi connectivity index (χ1) is 11.6.